The first kappa shape index (κ1) is 21.8. The number of carbonyl (C=O) groups excluding carboxylic acids is 1. The van der Waals surface area contributed by atoms with Gasteiger partial charge in [-0.1, -0.05) is 22.9 Å². The number of pyridine rings is 3. The molecule has 0 atom stereocenters. The maximum absolute atomic E-state index is 13.2. The largest absolute Gasteiger partial charge is 0.494 e. The lowest BCUT2D eigenvalue weighted by Crippen LogP contribution is -2.14. The van der Waals surface area contributed by atoms with Crippen LogP contribution in [0.4, 0.5) is 5.13 Å². The van der Waals surface area contributed by atoms with Crippen molar-refractivity contribution in [2.45, 2.75) is 6.92 Å². The molecule has 0 aliphatic rings. The van der Waals surface area contributed by atoms with Gasteiger partial charge in [0, 0.05) is 41.0 Å². The molecule has 5 rings (SSSR count). The quantitative estimate of drug-likeness (QED) is 0.349. The van der Waals surface area contributed by atoms with Crippen LogP contribution in [0.25, 0.3) is 32.9 Å². The van der Waals surface area contributed by atoms with E-state index in [0.29, 0.717) is 43.7 Å². The standard InChI is InChI=1S/C23H16ClN7O2S/c1-12-7-14(15-8-19(24)27-11-18(15)33-2)16(9-26-12)21(32)31-23-30-20-22(34-23)29-17(10-28-20)13-3-5-25-6-4-13/h3-11H,1-2H3,(H,28,30,31,32). The van der Waals surface area contributed by atoms with Crippen molar-refractivity contribution in [3.63, 3.8) is 0 Å². The lowest BCUT2D eigenvalue weighted by atomic mass is 10.0. The molecule has 0 aliphatic heterocycles. The van der Waals surface area contributed by atoms with Crippen molar-refractivity contribution in [1.29, 1.82) is 0 Å². The maximum Gasteiger partial charge on any atom is 0.259 e. The summed E-state index contributed by atoms with van der Waals surface area (Å²) in [6.45, 7) is 1.84. The predicted octanol–water partition coefficient (Wildman–Crippen LogP) is 4.83. The number of hydrogen-bond donors (Lipinski definition) is 1. The van der Waals surface area contributed by atoms with Gasteiger partial charge < -0.3 is 4.74 Å². The smallest absolute Gasteiger partial charge is 0.259 e. The van der Waals surface area contributed by atoms with Gasteiger partial charge in [-0.25, -0.2) is 15.0 Å². The summed E-state index contributed by atoms with van der Waals surface area (Å²) < 4.78 is 5.43. The van der Waals surface area contributed by atoms with E-state index in [0.717, 1.165) is 11.3 Å². The monoisotopic (exact) mass is 489 g/mol. The molecule has 0 fully saturated rings. The molecule has 1 amide bonds. The summed E-state index contributed by atoms with van der Waals surface area (Å²) in [5.41, 5.74) is 4.36. The highest BCUT2D eigenvalue weighted by Crippen LogP contribution is 2.34. The molecule has 1 N–H and O–H groups in total. The van der Waals surface area contributed by atoms with Crippen molar-refractivity contribution < 1.29 is 9.53 Å². The Labute approximate surface area is 202 Å². The number of rotatable bonds is 5. The number of ether oxygens (including phenoxy) is 1. The number of thiazole rings is 1. The Morgan fingerprint density at radius 2 is 1.85 bits per heavy atom. The van der Waals surface area contributed by atoms with Gasteiger partial charge >= 0.3 is 0 Å². The maximum atomic E-state index is 13.2. The summed E-state index contributed by atoms with van der Waals surface area (Å²) in [4.78, 5) is 39.6. The first-order valence-corrected chi connectivity index (χ1v) is 11.2. The van der Waals surface area contributed by atoms with Gasteiger partial charge in [-0.3, -0.25) is 20.1 Å². The Kier molecular flexibility index (Phi) is 5.83. The number of fused-ring (bicyclic) bond motifs is 1. The molecule has 34 heavy (non-hydrogen) atoms. The number of nitrogens with one attached hydrogen (secondary N) is 1. The Morgan fingerprint density at radius 1 is 1.03 bits per heavy atom. The van der Waals surface area contributed by atoms with Crippen molar-refractivity contribution in [2.75, 3.05) is 12.4 Å². The van der Waals surface area contributed by atoms with Gasteiger partial charge in [0.25, 0.3) is 5.91 Å². The second-order valence-corrected chi connectivity index (χ2v) is 8.54. The van der Waals surface area contributed by atoms with E-state index in [1.165, 1.54) is 30.8 Å². The summed E-state index contributed by atoms with van der Waals surface area (Å²) in [5.74, 6) is 0.104. The summed E-state index contributed by atoms with van der Waals surface area (Å²) in [6, 6.07) is 7.15. The third-order valence-corrected chi connectivity index (χ3v) is 6.01. The summed E-state index contributed by atoms with van der Waals surface area (Å²) in [7, 11) is 1.53. The zero-order valence-corrected chi connectivity index (χ0v) is 19.6. The molecule has 0 bridgehead atoms. The van der Waals surface area contributed by atoms with Crippen LogP contribution >= 0.6 is 22.9 Å². The molecule has 0 saturated heterocycles. The van der Waals surface area contributed by atoms with Crippen LogP contribution in [0.3, 0.4) is 0 Å². The van der Waals surface area contributed by atoms with Crippen LogP contribution in [0.2, 0.25) is 5.15 Å². The Bertz CT molecular complexity index is 1530. The zero-order chi connectivity index (χ0) is 23.7. The molecule has 0 saturated carbocycles. The highest BCUT2D eigenvalue weighted by atomic mass is 35.5. The average molecular weight is 490 g/mol. The fourth-order valence-corrected chi connectivity index (χ4v) is 4.31. The molecule has 168 valence electrons. The first-order valence-electron chi connectivity index (χ1n) is 10.0. The molecule has 5 heterocycles. The zero-order valence-electron chi connectivity index (χ0n) is 18.0. The second-order valence-electron chi connectivity index (χ2n) is 7.17. The number of anilines is 1. The Hall–Kier alpha value is -4.02. The highest BCUT2D eigenvalue weighted by Gasteiger charge is 2.20. The fourth-order valence-electron chi connectivity index (χ4n) is 3.36. The molecule has 0 aromatic carbocycles. The van der Waals surface area contributed by atoms with E-state index < -0.39 is 0 Å². The number of aromatic nitrogens is 6. The van der Waals surface area contributed by atoms with E-state index in [9.17, 15) is 4.79 Å². The molecular formula is C23H16ClN7O2S. The van der Waals surface area contributed by atoms with Crippen LogP contribution in [0.15, 0.2) is 55.2 Å². The normalized spacial score (nSPS) is 10.9. The van der Waals surface area contributed by atoms with Crippen molar-refractivity contribution >= 4 is 44.5 Å². The van der Waals surface area contributed by atoms with E-state index in [1.807, 2.05) is 19.1 Å². The number of carbonyl (C=O) groups is 1. The fraction of sp³-hybridized carbons (Fsp3) is 0.0870. The van der Waals surface area contributed by atoms with Crippen molar-refractivity contribution in [3.05, 3.63) is 71.7 Å². The summed E-state index contributed by atoms with van der Waals surface area (Å²) in [6.07, 6.45) is 8.05. The minimum Gasteiger partial charge on any atom is -0.494 e. The third kappa shape index (κ3) is 4.28. The molecule has 0 radical (unpaired) electrons. The molecule has 0 unspecified atom stereocenters. The first-order chi connectivity index (χ1) is 16.5. The summed E-state index contributed by atoms with van der Waals surface area (Å²) in [5, 5.41) is 3.49. The molecule has 11 heteroatoms. The minimum absolute atomic E-state index is 0.282. The van der Waals surface area contributed by atoms with Gasteiger partial charge in [0.2, 0.25) is 0 Å². The molecule has 0 spiro atoms. The molecule has 5 aromatic heterocycles. The van der Waals surface area contributed by atoms with Gasteiger partial charge in [0.05, 0.1) is 30.8 Å². The van der Waals surface area contributed by atoms with E-state index in [-0.39, 0.29) is 11.1 Å². The van der Waals surface area contributed by atoms with Crippen LogP contribution in [0.1, 0.15) is 16.1 Å². The SMILES string of the molecule is COc1cnc(Cl)cc1-c1cc(C)ncc1C(=O)Nc1nc2ncc(-c3ccncc3)nc2s1. The number of hydrogen-bond acceptors (Lipinski definition) is 9. The van der Waals surface area contributed by atoms with E-state index in [4.69, 9.17) is 16.3 Å². The lowest BCUT2D eigenvalue weighted by molar-refractivity contribution is 0.102. The topological polar surface area (TPSA) is 116 Å². The van der Waals surface area contributed by atoms with Crippen molar-refractivity contribution in [1.82, 2.24) is 29.9 Å². The van der Waals surface area contributed by atoms with Gasteiger partial charge in [-0.2, -0.15) is 4.98 Å². The second kappa shape index (κ2) is 9.08. The van der Waals surface area contributed by atoms with Crippen molar-refractivity contribution in [2.24, 2.45) is 0 Å². The van der Waals surface area contributed by atoms with Crippen LogP contribution < -0.4 is 10.1 Å². The molecule has 9 nitrogen and oxygen atoms in total. The lowest BCUT2D eigenvalue weighted by Gasteiger charge is -2.13. The molecular weight excluding hydrogens is 474 g/mol. The Balaban J connectivity index is 1.49. The molecule has 5 aromatic rings. The van der Waals surface area contributed by atoms with Crippen LogP contribution in [-0.4, -0.2) is 42.9 Å². The minimum atomic E-state index is -0.383. The Morgan fingerprint density at radius 3 is 2.65 bits per heavy atom. The number of amides is 1. The molecule has 0 aliphatic carbocycles. The van der Waals surface area contributed by atoms with Crippen LogP contribution in [-0.2, 0) is 0 Å². The van der Waals surface area contributed by atoms with Crippen LogP contribution in [0.5, 0.6) is 5.75 Å². The van der Waals surface area contributed by atoms with Gasteiger partial charge in [-0.15, -0.1) is 0 Å². The van der Waals surface area contributed by atoms with Gasteiger partial charge in [0.1, 0.15) is 10.9 Å². The van der Waals surface area contributed by atoms with E-state index in [1.54, 1.807) is 30.7 Å². The van der Waals surface area contributed by atoms with Crippen LogP contribution in [0, 0.1) is 6.92 Å². The summed E-state index contributed by atoms with van der Waals surface area (Å²) >= 11 is 7.35. The van der Waals surface area contributed by atoms with Gasteiger partial charge in [0.15, 0.2) is 15.6 Å². The number of halogens is 1. The number of aryl methyl sites for hydroxylation is 1. The van der Waals surface area contributed by atoms with E-state index >= 15 is 0 Å². The van der Waals surface area contributed by atoms with E-state index in [2.05, 4.69) is 35.2 Å². The highest BCUT2D eigenvalue weighted by molar-refractivity contribution is 7.21. The number of methoxy groups -OCH3 is 1. The third-order valence-electron chi connectivity index (χ3n) is 4.95. The average Bonchev–Trinajstić information content (AvgIpc) is 3.25. The van der Waals surface area contributed by atoms with Crippen molar-refractivity contribution in [3.8, 4) is 28.1 Å². The predicted molar refractivity (Wildman–Crippen MR) is 130 cm³/mol. The number of nitrogens with zero attached hydrogens (tertiary/aromatic N) is 6. The van der Waals surface area contributed by atoms with Gasteiger partial charge in [-0.05, 0) is 31.2 Å².